The summed E-state index contributed by atoms with van der Waals surface area (Å²) in [5, 5.41) is 10.7. The molecule has 118 valence electrons. The third-order valence-corrected chi connectivity index (χ3v) is 4.23. The van der Waals surface area contributed by atoms with E-state index in [0.29, 0.717) is 19.8 Å². The van der Waals surface area contributed by atoms with Crippen LogP contribution in [-0.2, 0) is 12.0 Å². The number of hydrogen-bond acceptors (Lipinski definition) is 4. The van der Waals surface area contributed by atoms with Gasteiger partial charge >= 0.3 is 0 Å². The second-order valence-electron chi connectivity index (χ2n) is 6.35. The molecule has 0 amide bonds. The average Bonchev–Trinajstić information content (AvgIpc) is 2.93. The van der Waals surface area contributed by atoms with Crippen molar-refractivity contribution in [2.24, 2.45) is 0 Å². The predicted molar refractivity (Wildman–Crippen MR) is 89.7 cm³/mol. The molecule has 0 spiro atoms. The lowest BCUT2D eigenvalue weighted by Gasteiger charge is -2.21. The minimum atomic E-state index is 0.0392. The van der Waals surface area contributed by atoms with E-state index in [2.05, 4.69) is 52.2 Å². The Morgan fingerprint density at radius 1 is 1.23 bits per heavy atom. The van der Waals surface area contributed by atoms with Crippen LogP contribution in [0.15, 0.2) is 22.8 Å². The summed E-state index contributed by atoms with van der Waals surface area (Å²) < 4.78 is 12.2. The fraction of sp³-hybridized carbons (Fsp3) is 0.438. The fourth-order valence-electron chi connectivity index (χ4n) is 2.48. The molecule has 0 bridgehead atoms. The van der Waals surface area contributed by atoms with Crippen molar-refractivity contribution in [2.45, 2.75) is 32.7 Å². The number of halogens is 1. The van der Waals surface area contributed by atoms with Crippen LogP contribution in [0.2, 0.25) is 0 Å². The Morgan fingerprint density at radius 2 is 1.91 bits per heavy atom. The predicted octanol–water partition coefficient (Wildman–Crippen LogP) is 3.85. The fourth-order valence-corrected chi connectivity index (χ4v) is 2.95. The molecule has 0 aliphatic carbocycles. The Labute approximate surface area is 138 Å². The van der Waals surface area contributed by atoms with Gasteiger partial charge < -0.3 is 14.8 Å². The Kier molecular flexibility index (Phi) is 4.04. The van der Waals surface area contributed by atoms with Crippen LogP contribution in [0.1, 0.15) is 32.0 Å². The molecule has 1 aliphatic rings. The second-order valence-corrected chi connectivity index (χ2v) is 7.20. The van der Waals surface area contributed by atoms with Gasteiger partial charge in [0.25, 0.3) is 0 Å². The van der Waals surface area contributed by atoms with E-state index in [1.165, 1.54) is 0 Å². The molecule has 1 aliphatic heterocycles. The molecule has 2 aromatic rings. The van der Waals surface area contributed by atoms with Crippen molar-refractivity contribution in [3.05, 3.63) is 34.1 Å². The van der Waals surface area contributed by atoms with Gasteiger partial charge in [-0.1, -0.05) is 20.8 Å². The lowest BCUT2D eigenvalue weighted by Crippen LogP contribution is -2.16. The molecule has 0 fully saturated rings. The summed E-state index contributed by atoms with van der Waals surface area (Å²) in [5.41, 5.74) is 3.32. The quantitative estimate of drug-likeness (QED) is 0.866. The summed E-state index contributed by atoms with van der Waals surface area (Å²) in [6.07, 6.45) is 1.87. The number of ether oxygens (including phenoxy) is 2. The lowest BCUT2D eigenvalue weighted by atomic mass is 9.89. The first-order valence-corrected chi connectivity index (χ1v) is 8.10. The highest BCUT2D eigenvalue weighted by Crippen LogP contribution is 2.38. The number of hydrogen-bond donors (Lipinski definition) is 2. The van der Waals surface area contributed by atoms with Crippen LogP contribution < -0.4 is 14.8 Å². The minimum Gasteiger partial charge on any atom is -0.486 e. The van der Waals surface area contributed by atoms with Crippen molar-refractivity contribution in [3.8, 4) is 11.5 Å². The number of aromatic amines is 1. The maximum atomic E-state index is 5.63. The first kappa shape index (κ1) is 15.2. The van der Waals surface area contributed by atoms with E-state index in [0.717, 1.165) is 32.9 Å². The molecule has 3 rings (SSSR count). The number of rotatable bonds is 3. The number of fused-ring (bicyclic) bond motifs is 1. The molecule has 6 heteroatoms. The highest BCUT2D eigenvalue weighted by molar-refractivity contribution is 9.10. The van der Waals surface area contributed by atoms with E-state index >= 15 is 0 Å². The van der Waals surface area contributed by atoms with Gasteiger partial charge in [0.1, 0.15) is 13.2 Å². The SMILES string of the molecule is CC(C)(C)c1[nH]ncc1CNc1cc2c(cc1Br)OCCO2. The van der Waals surface area contributed by atoms with Crippen molar-refractivity contribution in [2.75, 3.05) is 18.5 Å². The third kappa shape index (κ3) is 3.06. The van der Waals surface area contributed by atoms with Gasteiger partial charge in [0.05, 0.1) is 11.9 Å². The lowest BCUT2D eigenvalue weighted by molar-refractivity contribution is 0.171. The molecule has 0 radical (unpaired) electrons. The van der Waals surface area contributed by atoms with E-state index in [4.69, 9.17) is 9.47 Å². The topological polar surface area (TPSA) is 59.2 Å². The van der Waals surface area contributed by atoms with Crippen molar-refractivity contribution in [1.29, 1.82) is 0 Å². The summed E-state index contributed by atoms with van der Waals surface area (Å²) in [4.78, 5) is 0. The Balaban J connectivity index is 1.79. The van der Waals surface area contributed by atoms with E-state index < -0.39 is 0 Å². The number of aromatic nitrogens is 2. The molecule has 2 N–H and O–H groups in total. The molecule has 0 unspecified atom stereocenters. The summed E-state index contributed by atoms with van der Waals surface area (Å²) in [6, 6.07) is 3.91. The van der Waals surface area contributed by atoms with Gasteiger partial charge in [-0.05, 0) is 15.9 Å². The van der Waals surface area contributed by atoms with Gasteiger partial charge in [0.2, 0.25) is 0 Å². The van der Waals surface area contributed by atoms with Gasteiger partial charge in [0, 0.05) is 39.8 Å². The molecule has 5 nitrogen and oxygen atoms in total. The maximum absolute atomic E-state index is 5.63. The highest BCUT2D eigenvalue weighted by Gasteiger charge is 2.20. The van der Waals surface area contributed by atoms with Crippen LogP contribution in [0.3, 0.4) is 0 Å². The highest BCUT2D eigenvalue weighted by atomic mass is 79.9. The summed E-state index contributed by atoms with van der Waals surface area (Å²) in [6.45, 7) is 8.39. The monoisotopic (exact) mass is 365 g/mol. The van der Waals surface area contributed by atoms with Crippen molar-refractivity contribution < 1.29 is 9.47 Å². The van der Waals surface area contributed by atoms with E-state index in [9.17, 15) is 0 Å². The molecule has 1 aromatic heterocycles. The van der Waals surface area contributed by atoms with Crippen LogP contribution >= 0.6 is 15.9 Å². The number of anilines is 1. The largest absolute Gasteiger partial charge is 0.486 e. The van der Waals surface area contributed by atoms with Gasteiger partial charge in [0.15, 0.2) is 11.5 Å². The number of H-pyrrole nitrogens is 1. The zero-order valence-corrected chi connectivity index (χ0v) is 14.6. The molecular formula is C16H20BrN3O2. The zero-order valence-electron chi connectivity index (χ0n) is 13.0. The Morgan fingerprint density at radius 3 is 2.59 bits per heavy atom. The number of nitrogens with one attached hydrogen (secondary N) is 2. The zero-order chi connectivity index (χ0) is 15.7. The molecule has 22 heavy (non-hydrogen) atoms. The van der Waals surface area contributed by atoms with Crippen molar-refractivity contribution >= 4 is 21.6 Å². The van der Waals surface area contributed by atoms with E-state index in [1.807, 2.05) is 18.3 Å². The molecule has 0 saturated carbocycles. The number of nitrogens with zero attached hydrogens (tertiary/aromatic N) is 1. The van der Waals surface area contributed by atoms with Gasteiger partial charge in [-0.25, -0.2) is 0 Å². The van der Waals surface area contributed by atoms with Gasteiger partial charge in [-0.15, -0.1) is 0 Å². The Bertz CT molecular complexity index is 677. The average molecular weight is 366 g/mol. The van der Waals surface area contributed by atoms with Crippen molar-refractivity contribution in [1.82, 2.24) is 10.2 Å². The minimum absolute atomic E-state index is 0.0392. The second kappa shape index (κ2) is 5.83. The first-order valence-electron chi connectivity index (χ1n) is 7.31. The van der Waals surface area contributed by atoms with Gasteiger partial charge in [-0.3, -0.25) is 5.10 Å². The van der Waals surface area contributed by atoms with E-state index in [-0.39, 0.29) is 5.41 Å². The maximum Gasteiger partial charge on any atom is 0.163 e. The summed E-state index contributed by atoms with van der Waals surface area (Å²) in [7, 11) is 0. The Hall–Kier alpha value is -1.69. The molecule has 2 heterocycles. The van der Waals surface area contributed by atoms with Crippen molar-refractivity contribution in [3.63, 3.8) is 0 Å². The van der Waals surface area contributed by atoms with E-state index in [1.54, 1.807) is 0 Å². The van der Waals surface area contributed by atoms with Crippen LogP contribution in [0.5, 0.6) is 11.5 Å². The first-order chi connectivity index (χ1) is 10.4. The third-order valence-electron chi connectivity index (χ3n) is 3.57. The van der Waals surface area contributed by atoms with Crippen LogP contribution in [0, 0.1) is 0 Å². The summed E-state index contributed by atoms with van der Waals surface area (Å²) in [5.74, 6) is 1.56. The van der Waals surface area contributed by atoms with Crippen LogP contribution in [0.4, 0.5) is 5.69 Å². The standard InChI is InChI=1S/C16H20BrN3O2/c1-16(2,3)15-10(9-19-20-15)8-18-12-7-14-13(6-11(12)17)21-4-5-22-14/h6-7,9,18H,4-5,8H2,1-3H3,(H,19,20). The smallest absolute Gasteiger partial charge is 0.163 e. The summed E-state index contributed by atoms with van der Waals surface area (Å²) >= 11 is 3.58. The molecule has 1 aromatic carbocycles. The van der Waals surface area contributed by atoms with Crippen LogP contribution in [-0.4, -0.2) is 23.4 Å². The number of benzene rings is 1. The normalized spacial score (nSPS) is 14.0. The van der Waals surface area contributed by atoms with Gasteiger partial charge in [-0.2, -0.15) is 5.10 Å². The molecule has 0 saturated heterocycles. The molecular weight excluding hydrogens is 346 g/mol. The molecule has 0 atom stereocenters. The van der Waals surface area contributed by atoms with Crippen LogP contribution in [0.25, 0.3) is 0 Å².